The Morgan fingerprint density at radius 3 is 2.29 bits per heavy atom. The monoisotopic (exact) mass is 325 g/mol. The zero-order valence-corrected chi connectivity index (χ0v) is 14.2. The third-order valence-electron chi connectivity index (χ3n) is 3.80. The number of rotatable bonds is 8. The molecule has 0 heterocycles. The first-order valence-corrected chi connectivity index (χ1v) is 8.08. The van der Waals surface area contributed by atoms with Crippen molar-refractivity contribution < 1.29 is 14.3 Å². The van der Waals surface area contributed by atoms with Crippen LogP contribution in [0.1, 0.15) is 28.8 Å². The highest BCUT2D eigenvalue weighted by atomic mass is 16.5. The van der Waals surface area contributed by atoms with E-state index in [2.05, 4.69) is 0 Å². The lowest BCUT2D eigenvalue weighted by Gasteiger charge is -2.17. The van der Waals surface area contributed by atoms with Crippen LogP contribution in [0.2, 0.25) is 0 Å². The van der Waals surface area contributed by atoms with E-state index in [1.165, 1.54) is 0 Å². The number of hydrogen-bond acceptors (Lipinski definition) is 3. The summed E-state index contributed by atoms with van der Waals surface area (Å²) < 4.78 is 5.57. The van der Waals surface area contributed by atoms with E-state index in [0.717, 1.165) is 11.3 Å². The van der Waals surface area contributed by atoms with E-state index in [0.29, 0.717) is 18.7 Å². The van der Waals surface area contributed by atoms with E-state index >= 15 is 0 Å². The smallest absolute Gasteiger partial charge is 0.222 e. The summed E-state index contributed by atoms with van der Waals surface area (Å²) in [6.45, 7) is 2.90. The topological polar surface area (TPSA) is 46.6 Å². The van der Waals surface area contributed by atoms with Gasteiger partial charge in [0, 0.05) is 25.5 Å². The molecule has 4 nitrogen and oxygen atoms in total. The van der Waals surface area contributed by atoms with Gasteiger partial charge in [-0.15, -0.1) is 0 Å². The molecule has 0 spiro atoms. The quantitative estimate of drug-likeness (QED) is 0.698. The van der Waals surface area contributed by atoms with Crippen molar-refractivity contribution in [3.8, 4) is 5.75 Å². The van der Waals surface area contributed by atoms with E-state index in [4.69, 9.17) is 4.74 Å². The number of ether oxygens (including phenoxy) is 1. The Morgan fingerprint density at radius 1 is 0.958 bits per heavy atom. The minimum absolute atomic E-state index is 0.00251. The van der Waals surface area contributed by atoms with Crippen molar-refractivity contribution in [1.82, 2.24) is 4.90 Å². The molecule has 0 aromatic heterocycles. The molecule has 0 aliphatic carbocycles. The summed E-state index contributed by atoms with van der Waals surface area (Å²) in [5, 5.41) is 0. The molecule has 24 heavy (non-hydrogen) atoms. The highest BCUT2D eigenvalue weighted by Crippen LogP contribution is 2.10. The first-order valence-electron chi connectivity index (χ1n) is 8.08. The Labute approximate surface area is 143 Å². The Bertz CT molecular complexity index is 665. The number of amides is 1. The van der Waals surface area contributed by atoms with Crippen LogP contribution < -0.4 is 4.74 Å². The van der Waals surface area contributed by atoms with Crippen molar-refractivity contribution in [3.63, 3.8) is 0 Å². The van der Waals surface area contributed by atoms with E-state index in [-0.39, 0.29) is 24.5 Å². The predicted molar refractivity (Wildman–Crippen MR) is 94.3 cm³/mol. The summed E-state index contributed by atoms with van der Waals surface area (Å²) in [6.07, 6.45) is 0.445. The van der Waals surface area contributed by atoms with Crippen molar-refractivity contribution in [1.29, 1.82) is 0 Å². The van der Waals surface area contributed by atoms with Crippen molar-refractivity contribution >= 4 is 11.7 Å². The van der Waals surface area contributed by atoms with Gasteiger partial charge in [-0.1, -0.05) is 48.0 Å². The van der Waals surface area contributed by atoms with Crippen molar-refractivity contribution in [2.45, 2.75) is 19.8 Å². The van der Waals surface area contributed by atoms with Gasteiger partial charge < -0.3 is 9.64 Å². The average Bonchev–Trinajstić information content (AvgIpc) is 2.60. The molecular formula is C20H23NO3. The fourth-order valence-corrected chi connectivity index (χ4v) is 2.24. The fraction of sp³-hybridized carbons (Fsp3) is 0.300. The van der Waals surface area contributed by atoms with Crippen molar-refractivity contribution in [2.75, 3.05) is 20.2 Å². The predicted octanol–water partition coefficient (Wildman–Crippen LogP) is 3.50. The van der Waals surface area contributed by atoms with Gasteiger partial charge in [0.1, 0.15) is 12.4 Å². The second kappa shape index (κ2) is 8.87. The van der Waals surface area contributed by atoms with Crippen LogP contribution in [0.5, 0.6) is 5.75 Å². The first-order chi connectivity index (χ1) is 11.6. The van der Waals surface area contributed by atoms with Gasteiger partial charge in [-0.2, -0.15) is 0 Å². The molecule has 2 rings (SSSR count). The molecule has 0 atom stereocenters. The van der Waals surface area contributed by atoms with Gasteiger partial charge >= 0.3 is 0 Å². The molecule has 2 aromatic rings. The second-order valence-corrected chi connectivity index (χ2v) is 5.77. The van der Waals surface area contributed by atoms with Crippen LogP contribution in [-0.2, 0) is 4.79 Å². The van der Waals surface area contributed by atoms with Gasteiger partial charge in [0.2, 0.25) is 5.91 Å². The van der Waals surface area contributed by atoms with Crippen LogP contribution in [0.15, 0.2) is 54.6 Å². The van der Waals surface area contributed by atoms with Crippen molar-refractivity contribution in [2.24, 2.45) is 0 Å². The zero-order chi connectivity index (χ0) is 17.4. The SMILES string of the molecule is Cc1ccc(C(=O)CCC(=O)N(C)CCOc2ccccc2)cc1. The van der Waals surface area contributed by atoms with Gasteiger partial charge in [0.15, 0.2) is 5.78 Å². The maximum atomic E-state index is 12.1. The Kier molecular flexibility index (Phi) is 6.55. The summed E-state index contributed by atoms with van der Waals surface area (Å²) in [4.78, 5) is 25.8. The summed E-state index contributed by atoms with van der Waals surface area (Å²) >= 11 is 0. The fourth-order valence-electron chi connectivity index (χ4n) is 2.24. The molecule has 0 unspecified atom stereocenters. The number of carbonyl (C=O) groups excluding carboxylic acids is 2. The summed E-state index contributed by atoms with van der Waals surface area (Å²) in [5.41, 5.74) is 1.77. The molecule has 0 aliphatic heterocycles. The number of para-hydroxylation sites is 1. The molecule has 0 fully saturated rings. The Balaban J connectivity index is 1.71. The number of carbonyl (C=O) groups is 2. The number of aryl methyl sites for hydroxylation is 1. The van der Waals surface area contributed by atoms with Gasteiger partial charge in [-0.3, -0.25) is 9.59 Å². The minimum Gasteiger partial charge on any atom is -0.492 e. The van der Waals surface area contributed by atoms with Crippen LogP contribution in [0, 0.1) is 6.92 Å². The second-order valence-electron chi connectivity index (χ2n) is 5.77. The van der Waals surface area contributed by atoms with E-state index in [1.807, 2.05) is 49.4 Å². The van der Waals surface area contributed by atoms with Crippen LogP contribution in [0.4, 0.5) is 0 Å². The number of benzene rings is 2. The Hall–Kier alpha value is -2.62. The molecule has 0 radical (unpaired) electrons. The van der Waals surface area contributed by atoms with Crippen LogP contribution in [0.25, 0.3) is 0 Å². The largest absolute Gasteiger partial charge is 0.492 e. The number of ketones is 1. The highest BCUT2D eigenvalue weighted by molar-refractivity contribution is 5.97. The van der Waals surface area contributed by atoms with E-state index in [1.54, 1.807) is 24.1 Å². The van der Waals surface area contributed by atoms with Crippen LogP contribution >= 0.6 is 0 Å². The first kappa shape index (κ1) is 17.7. The Morgan fingerprint density at radius 2 is 1.62 bits per heavy atom. The van der Waals surface area contributed by atoms with E-state index < -0.39 is 0 Å². The number of likely N-dealkylation sites (N-methyl/N-ethyl adjacent to an activating group) is 1. The molecule has 0 bridgehead atoms. The highest BCUT2D eigenvalue weighted by Gasteiger charge is 2.12. The zero-order valence-electron chi connectivity index (χ0n) is 14.2. The number of hydrogen-bond donors (Lipinski definition) is 0. The molecule has 2 aromatic carbocycles. The maximum absolute atomic E-state index is 12.1. The summed E-state index contributed by atoms with van der Waals surface area (Å²) in [7, 11) is 1.73. The molecule has 0 saturated carbocycles. The number of nitrogens with zero attached hydrogens (tertiary/aromatic N) is 1. The molecular weight excluding hydrogens is 302 g/mol. The van der Waals surface area contributed by atoms with Gasteiger partial charge in [-0.05, 0) is 19.1 Å². The van der Waals surface area contributed by atoms with Crippen LogP contribution in [0.3, 0.4) is 0 Å². The van der Waals surface area contributed by atoms with Crippen molar-refractivity contribution in [3.05, 3.63) is 65.7 Å². The molecule has 4 heteroatoms. The lowest BCUT2D eigenvalue weighted by atomic mass is 10.0. The normalized spacial score (nSPS) is 10.2. The van der Waals surface area contributed by atoms with Gasteiger partial charge in [0.05, 0.1) is 6.54 Å². The lowest BCUT2D eigenvalue weighted by molar-refractivity contribution is -0.130. The molecule has 1 amide bonds. The lowest BCUT2D eigenvalue weighted by Crippen LogP contribution is -2.31. The molecule has 0 saturated heterocycles. The molecule has 0 N–H and O–H groups in total. The van der Waals surface area contributed by atoms with Gasteiger partial charge in [-0.25, -0.2) is 0 Å². The summed E-state index contributed by atoms with van der Waals surface area (Å²) in [5.74, 6) is 0.734. The molecule has 0 aliphatic rings. The summed E-state index contributed by atoms with van der Waals surface area (Å²) in [6, 6.07) is 16.9. The third kappa shape index (κ3) is 5.54. The molecule has 126 valence electrons. The maximum Gasteiger partial charge on any atom is 0.222 e. The van der Waals surface area contributed by atoms with E-state index in [9.17, 15) is 9.59 Å². The standard InChI is InChI=1S/C20H23NO3/c1-16-8-10-17(11-9-16)19(22)12-13-20(23)21(2)14-15-24-18-6-4-3-5-7-18/h3-11H,12-15H2,1-2H3. The minimum atomic E-state index is -0.0490. The number of Topliss-reactive ketones (excluding diaryl/α,β-unsaturated/α-hetero) is 1. The third-order valence-corrected chi connectivity index (χ3v) is 3.80. The van der Waals surface area contributed by atoms with Gasteiger partial charge in [0.25, 0.3) is 0 Å². The van der Waals surface area contributed by atoms with Crippen LogP contribution in [-0.4, -0.2) is 36.8 Å². The average molecular weight is 325 g/mol.